The van der Waals surface area contributed by atoms with Crippen LogP contribution in [-0.2, 0) is 6.54 Å². The molecular formula is C19H30N2O3. The van der Waals surface area contributed by atoms with Gasteiger partial charge in [0.05, 0.1) is 21.3 Å². The number of ether oxygens (including phenoxy) is 3. The molecule has 0 radical (unpaired) electrons. The first-order chi connectivity index (χ1) is 11.7. The molecule has 1 aromatic carbocycles. The van der Waals surface area contributed by atoms with E-state index in [2.05, 4.69) is 22.3 Å². The summed E-state index contributed by atoms with van der Waals surface area (Å²) in [6.07, 6.45) is 5.29. The fraction of sp³-hybridized carbons (Fsp3) is 0.684. The zero-order valence-electron chi connectivity index (χ0n) is 15.1. The van der Waals surface area contributed by atoms with Gasteiger partial charge >= 0.3 is 0 Å². The first-order valence-corrected chi connectivity index (χ1v) is 8.99. The Balaban J connectivity index is 1.62. The highest BCUT2D eigenvalue weighted by Crippen LogP contribution is 2.38. The van der Waals surface area contributed by atoms with Crippen molar-refractivity contribution in [2.45, 2.75) is 38.3 Å². The molecule has 0 spiro atoms. The van der Waals surface area contributed by atoms with Crippen LogP contribution in [0.3, 0.4) is 0 Å². The number of hydrogen-bond donors (Lipinski definition) is 1. The molecule has 1 unspecified atom stereocenters. The summed E-state index contributed by atoms with van der Waals surface area (Å²) in [5.41, 5.74) is 1.21. The summed E-state index contributed by atoms with van der Waals surface area (Å²) in [5, 5.41) is 3.67. The predicted octanol–water partition coefficient (Wildman–Crippen LogP) is 2.68. The van der Waals surface area contributed by atoms with Gasteiger partial charge in [0.1, 0.15) is 0 Å². The van der Waals surface area contributed by atoms with Crippen molar-refractivity contribution in [2.75, 3.05) is 41.0 Å². The maximum Gasteiger partial charge on any atom is 0.203 e. The Bertz CT molecular complexity index is 510. The van der Waals surface area contributed by atoms with Gasteiger partial charge in [-0.25, -0.2) is 0 Å². The van der Waals surface area contributed by atoms with E-state index in [1.165, 1.54) is 50.9 Å². The maximum absolute atomic E-state index is 5.46. The van der Waals surface area contributed by atoms with Crippen LogP contribution in [-0.4, -0.2) is 51.9 Å². The fourth-order valence-corrected chi connectivity index (χ4v) is 4.11. The van der Waals surface area contributed by atoms with Gasteiger partial charge in [0.15, 0.2) is 11.5 Å². The number of hydrogen-bond acceptors (Lipinski definition) is 5. The second-order valence-corrected chi connectivity index (χ2v) is 6.85. The van der Waals surface area contributed by atoms with Gasteiger partial charge in [-0.05, 0) is 68.9 Å². The largest absolute Gasteiger partial charge is 0.493 e. The summed E-state index contributed by atoms with van der Waals surface area (Å²) in [6.45, 7) is 4.47. The Morgan fingerprint density at radius 2 is 1.67 bits per heavy atom. The van der Waals surface area contributed by atoms with Gasteiger partial charge < -0.3 is 19.5 Å². The standard InChI is InChI=1S/C19H30N2O3/c1-22-17-11-14(12-18(23-2)19(17)24-3)13-21-9-6-15(7-10-21)16-5-4-8-20-16/h11-12,15-16,20H,4-10,13H2,1-3H3. The highest BCUT2D eigenvalue weighted by molar-refractivity contribution is 5.53. The average Bonchev–Trinajstić information content (AvgIpc) is 3.16. The van der Waals surface area contributed by atoms with Crippen LogP contribution in [0.15, 0.2) is 12.1 Å². The number of nitrogens with one attached hydrogen (secondary N) is 1. The van der Waals surface area contributed by atoms with E-state index < -0.39 is 0 Å². The molecule has 134 valence electrons. The summed E-state index contributed by atoms with van der Waals surface area (Å²) in [4.78, 5) is 2.53. The number of benzene rings is 1. The van der Waals surface area contributed by atoms with Gasteiger partial charge in [-0.1, -0.05) is 0 Å². The van der Waals surface area contributed by atoms with Crippen LogP contribution in [0.4, 0.5) is 0 Å². The molecule has 1 aromatic rings. The van der Waals surface area contributed by atoms with Gasteiger partial charge in [0.2, 0.25) is 5.75 Å². The third-order valence-electron chi connectivity index (χ3n) is 5.43. The zero-order valence-corrected chi connectivity index (χ0v) is 15.1. The van der Waals surface area contributed by atoms with Crippen molar-refractivity contribution >= 4 is 0 Å². The molecule has 0 bridgehead atoms. The van der Waals surface area contributed by atoms with Crippen molar-refractivity contribution in [1.82, 2.24) is 10.2 Å². The minimum absolute atomic E-state index is 0.662. The van der Waals surface area contributed by atoms with Gasteiger partial charge in [-0.15, -0.1) is 0 Å². The molecule has 0 aliphatic carbocycles. The Morgan fingerprint density at radius 3 is 2.17 bits per heavy atom. The normalized spacial score (nSPS) is 22.5. The van der Waals surface area contributed by atoms with Crippen LogP contribution in [0.25, 0.3) is 0 Å². The van der Waals surface area contributed by atoms with Crippen molar-refractivity contribution in [3.05, 3.63) is 17.7 Å². The first-order valence-electron chi connectivity index (χ1n) is 8.99. The predicted molar refractivity (Wildman–Crippen MR) is 95.1 cm³/mol. The van der Waals surface area contributed by atoms with E-state index in [0.717, 1.165) is 30.0 Å². The molecule has 24 heavy (non-hydrogen) atoms. The molecule has 2 heterocycles. The minimum atomic E-state index is 0.662. The molecule has 3 rings (SSSR count). The van der Waals surface area contributed by atoms with Gasteiger partial charge in [0, 0.05) is 12.6 Å². The molecule has 5 heteroatoms. The highest BCUT2D eigenvalue weighted by Gasteiger charge is 2.28. The van der Waals surface area contributed by atoms with Crippen molar-refractivity contribution in [1.29, 1.82) is 0 Å². The molecule has 1 atom stereocenters. The van der Waals surface area contributed by atoms with Crippen LogP contribution < -0.4 is 19.5 Å². The maximum atomic E-state index is 5.46. The van der Waals surface area contributed by atoms with E-state index in [4.69, 9.17) is 14.2 Å². The van der Waals surface area contributed by atoms with Crippen molar-refractivity contribution in [3.63, 3.8) is 0 Å². The van der Waals surface area contributed by atoms with E-state index in [1.807, 2.05) is 0 Å². The van der Waals surface area contributed by atoms with E-state index in [9.17, 15) is 0 Å². The molecule has 5 nitrogen and oxygen atoms in total. The molecule has 0 aromatic heterocycles. The van der Waals surface area contributed by atoms with Crippen LogP contribution in [0.2, 0.25) is 0 Å². The second-order valence-electron chi connectivity index (χ2n) is 6.85. The van der Waals surface area contributed by atoms with E-state index in [-0.39, 0.29) is 0 Å². The summed E-state index contributed by atoms with van der Waals surface area (Å²) >= 11 is 0. The van der Waals surface area contributed by atoms with Crippen LogP contribution in [0.1, 0.15) is 31.2 Å². The Labute approximate surface area is 145 Å². The topological polar surface area (TPSA) is 43.0 Å². The number of piperidine rings is 1. The quantitative estimate of drug-likeness (QED) is 0.866. The van der Waals surface area contributed by atoms with Crippen molar-refractivity contribution in [3.8, 4) is 17.2 Å². The third-order valence-corrected chi connectivity index (χ3v) is 5.43. The zero-order chi connectivity index (χ0) is 16.9. The molecule has 1 N–H and O–H groups in total. The van der Waals surface area contributed by atoms with Crippen LogP contribution >= 0.6 is 0 Å². The molecule has 2 saturated heterocycles. The van der Waals surface area contributed by atoms with Crippen LogP contribution in [0, 0.1) is 5.92 Å². The van der Waals surface area contributed by atoms with E-state index in [0.29, 0.717) is 5.75 Å². The molecule has 2 aliphatic rings. The Kier molecular flexibility index (Phi) is 5.85. The lowest BCUT2D eigenvalue weighted by molar-refractivity contribution is 0.157. The molecule has 0 saturated carbocycles. The van der Waals surface area contributed by atoms with Gasteiger partial charge in [-0.3, -0.25) is 4.90 Å². The number of likely N-dealkylation sites (tertiary alicyclic amines) is 1. The van der Waals surface area contributed by atoms with Crippen molar-refractivity contribution in [2.24, 2.45) is 5.92 Å². The van der Waals surface area contributed by atoms with Crippen LogP contribution in [0.5, 0.6) is 17.2 Å². The lowest BCUT2D eigenvalue weighted by Crippen LogP contribution is -2.40. The summed E-state index contributed by atoms with van der Waals surface area (Å²) in [6, 6.07) is 4.88. The van der Waals surface area contributed by atoms with Gasteiger partial charge in [-0.2, -0.15) is 0 Å². The molecule has 2 fully saturated rings. The molecule has 0 amide bonds. The monoisotopic (exact) mass is 334 g/mol. The average molecular weight is 334 g/mol. The fourth-order valence-electron chi connectivity index (χ4n) is 4.11. The van der Waals surface area contributed by atoms with Crippen molar-refractivity contribution < 1.29 is 14.2 Å². The molecule has 2 aliphatic heterocycles. The number of rotatable bonds is 6. The SMILES string of the molecule is COc1cc(CN2CCC(C3CCCN3)CC2)cc(OC)c1OC. The Hall–Kier alpha value is -1.46. The third kappa shape index (κ3) is 3.78. The summed E-state index contributed by atoms with van der Waals surface area (Å²) in [7, 11) is 4.98. The lowest BCUT2D eigenvalue weighted by atomic mass is 9.88. The number of methoxy groups -OCH3 is 3. The van der Waals surface area contributed by atoms with E-state index >= 15 is 0 Å². The second kappa shape index (κ2) is 8.08. The minimum Gasteiger partial charge on any atom is -0.493 e. The first kappa shape index (κ1) is 17.4. The van der Waals surface area contributed by atoms with E-state index in [1.54, 1.807) is 21.3 Å². The summed E-state index contributed by atoms with van der Waals surface area (Å²) in [5.74, 6) is 2.98. The Morgan fingerprint density at radius 1 is 1.00 bits per heavy atom. The highest BCUT2D eigenvalue weighted by atomic mass is 16.5. The number of nitrogens with zero attached hydrogens (tertiary/aromatic N) is 1. The van der Waals surface area contributed by atoms with Gasteiger partial charge in [0.25, 0.3) is 0 Å². The smallest absolute Gasteiger partial charge is 0.203 e. The lowest BCUT2D eigenvalue weighted by Gasteiger charge is -2.35. The summed E-state index contributed by atoms with van der Waals surface area (Å²) < 4.78 is 16.3. The molecular weight excluding hydrogens is 304 g/mol.